The van der Waals surface area contributed by atoms with E-state index in [9.17, 15) is 26.7 Å². The van der Waals surface area contributed by atoms with Gasteiger partial charge < -0.3 is 10.6 Å². The van der Waals surface area contributed by atoms with Crippen molar-refractivity contribution in [3.63, 3.8) is 0 Å². The molecule has 186 valence electrons. The van der Waals surface area contributed by atoms with Crippen LogP contribution in [-0.4, -0.2) is 26.2 Å². The number of anilines is 1. The Morgan fingerprint density at radius 2 is 1.75 bits per heavy atom. The summed E-state index contributed by atoms with van der Waals surface area (Å²) in [6, 6.07) is 9.24. The van der Waals surface area contributed by atoms with E-state index in [0.717, 1.165) is 18.2 Å². The van der Waals surface area contributed by atoms with Crippen LogP contribution >= 0.6 is 22.6 Å². The maximum Gasteiger partial charge on any atom is 0.416 e. The molecule has 3 N–H and O–H groups in total. The van der Waals surface area contributed by atoms with Gasteiger partial charge >= 0.3 is 12.2 Å². The van der Waals surface area contributed by atoms with Crippen LogP contribution in [0.1, 0.15) is 22.6 Å². The predicted octanol–water partition coefficient (Wildman–Crippen LogP) is 5.41. The zero-order valence-electron chi connectivity index (χ0n) is 18.1. The minimum atomic E-state index is -4.86. The smallest absolute Gasteiger partial charge is 0.322 e. The van der Waals surface area contributed by atoms with E-state index in [1.165, 1.54) is 36.8 Å². The molecule has 1 atom stereocenters. The summed E-state index contributed by atoms with van der Waals surface area (Å²) in [4.78, 5) is 21.5. The van der Waals surface area contributed by atoms with Gasteiger partial charge in [0.15, 0.2) is 0 Å². The van der Waals surface area contributed by atoms with Gasteiger partial charge in [-0.2, -0.15) is 18.3 Å². The maximum absolute atomic E-state index is 14.5. The molecule has 4 rings (SSSR count). The zero-order chi connectivity index (χ0) is 25.9. The summed E-state index contributed by atoms with van der Waals surface area (Å²) in [5, 5.41) is 11.4. The minimum Gasteiger partial charge on any atom is -0.322 e. The van der Waals surface area contributed by atoms with Crippen molar-refractivity contribution in [1.29, 1.82) is 0 Å². The van der Waals surface area contributed by atoms with Gasteiger partial charge in [-0.1, -0.05) is 6.07 Å². The summed E-state index contributed by atoms with van der Waals surface area (Å²) in [7, 11) is 0. The lowest BCUT2D eigenvalue weighted by Gasteiger charge is -2.35. The van der Waals surface area contributed by atoms with Gasteiger partial charge in [0.05, 0.1) is 11.3 Å². The molecule has 2 heterocycles. The van der Waals surface area contributed by atoms with Gasteiger partial charge in [-0.15, -0.1) is 0 Å². The fraction of sp³-hybridized carbons (Fsp3) is 0.130. The van der Waals surface area contributed by atoms with Crippen LogP contribution in [0, 0.1) is 15.2 Å². The number of rotatable bonds is 6. The Balaban J connectivity index is 1.89. The van der Waals surface area contributed by atoms with Crippen LogP contribution in [0.2, 0.25) is 0 Å². The van der Waals surface area contributed by atoms with E-state index in [1.54, 1.807) is 6.07 Å². The predicted molar refractivity (Wildman–Crippen MR) is 128 cm³/mol. The third kappa shape index (κ3) is 5.78. The first-order valence-corrected chi connectivity index (χ1v) is 11.3. The largest absolute Gasteiger partial charge is 0.416 e. The van der Waals surface area contributed by atoms with Gasteiger partial charge in [0.25, 0.3) is 0 Å². The molecule has 0 aliphatic rings. The average Bonchev–Trinajstić information content (AvgIpc) is 3.31. The third-order valence-electron chi connectivity index (χ3n) is 5.19. The molecule has 0 radical (unpaired) electrons. The number of urea groups is 1. The standard InChI is InChI=1S/C23H16F5IN6O/c24-15-2-1-3-18(9-15)33-21(36)34-22(10-20-31-12-32-35-20,19-5-4-17(29)11-30-19)13-6-14(23(26,27)28)8-16(25)7-13/h1-9,11-12H,10H2,(H,31,32,35)(H2,33,34,36)/t22-/m0/s1. The van der Waals surface area contributed by atoms with Gasteiger partial charge in [-0.25, -0.2) is 18.6 Å². The van der Waals surface area contributed by atoms with Gasteiger partial charge in [0, 0.05) is 21.9 Å². The normalized spacial score (nSPS) is 13.2. The Hall–Kier alpha value is -3.62. The maximum atomic E-state index is 14.5. The molecule has 0 saturated carbocycles. The summed E-state index contributed by atoms with van der Waals surface area (Å²) >= 11 is 1.99. The summed E-state index contributed by atoms with van der Waals surface area (Å²) in [6.45, 7) is 0. The van der Waals surface area contributed by atoms with Crippen molar-refractivity contribution in [3.8, 4) is 0 Å². The van der Waals surface area contributed by atoms with Crippen LogP contribution in [0.3, 0.4) is 0 Å². The Kier molecular flexibility index (Phi) is 7.19. The number of nitrogens with zero attached hydrogens (tertiary/aromatic N) is 3. The van der Waals surface area contributed by atoms with E-state index in [2.05, 4.69) is 30.8 Å². The number of halogens is 6. The Morgan fingerprint density at radius 3 is 2.39 bits per heavy atom. The highest BCUT2D eigenvalue weighted by Gasteiger charge is 2.41. The minimum absolute atomic E-state index is 0.0897. The van der Waals surface area contributed by atoms with E-state index < -0.39 is 34.9 Å². The topological polar surface area (TPSA) is 95.6 Å². The first-order valence-electron chi connectivity index (χ1n) is 10.2. The molecular formula is C23H16F5IN6O. The van der Waals surface area contributed by atoms with E-state index in [0.29, 0.717) is 9.64 Å². The SMILES string of the molecule is O=C(Nc1cccc(F)c1)N[C@@](Cc1ncn[nH]1)(c1cc(F)cc(C(F)(F)F)c1)c1ccc(I)cn1. The van der Waals surface area contributed by atoms with Crippen molar-refractivity contribution >= 4 is 34.3 Å². The van der Waals surface area contributed by atoms with Crippen molar-refractivity contribution in [1.82, 2.24) is 25.5 Å². The van der Waals surface area contributed by atoms with Crippen molar-refractivity contribution in [3.05, 3.63) is 105 Å². The van der Waals surface area contributed by atoms with E-state index in [1.807, 2.05) is 22.6 Å². The number of alkyl halides is 3. The van der Waals surface area contributed by atoms with E-state index in [4.69, 9.17) is 0 Å². The van der Waals surface area contributed by atoms with Gasteiger partial charge in [0.1, 0.15) is 29.3 Å². The van der Waals surface area contributed by atoms with Gasteiger partial charge in [-0.05, 0) is 76.7 Å². The lowest BCUT2D eigenvalue weighted by atomic mass is 9.81. The first-order chi connectivity index (χ1) is 17.0. The number of hydrogen-bond acceptors (Lipinski definition) is 4. The molecule has 2 amide bonds. The van der Waals surface area contributed by atoms with Crippen LogP contribution in [0.5, 0.6) is 0 Å². The third-order valence-corrected chi connectivity index (χ3v) is 5.83. The molecule has 0 unspecified atom stereocenters. The molecular weight excluding hydrogens is 598 g/mol. The molecule has 0 aliphatic heterocycles. The highest BCUT2D eigenvalue weighted by Crippen LogP contribution is 2.37. The molecule has 0 fully saturated rings. The Bertz CT molecular complexity index is 1360. The second kappa shape index (κ2) is 10.2. The first kappa shape index (κ1) is 25.5. The number of hydrogen-bond donors (Lipinski definition) is 3. The monoisotopic (exact) mass is 614 g/mol. The van der Waals surface area contributed by atoms with Gasteiger partial charge in [0.2, 0.25) is 0 Å². The highest BCUT2D eigenvalue weighted by atomic mass is 127. The van der Waals surface area contributed by atoms with Crippen LogP contribution in [-0.2, 0) is 18.1 Å². The molecule has 2 aromatic carbocycles. The molecule has 13 heteroatoms. The number of carbonyl (C=O) groups excluding carboxylic acids is 1. The summed E-state index contributed by atoms with van der Waals surface area (Å²) in [6.07, 6.45) is -2.50. The molecule has 0 aliphatic carbocycles. The number of carbonyl (C=O) groups is 1. The van der Waals surface area contributed by atoms with Crippen molar-refractivity contribution in [2.75, 3.05) is 5.32 Å². The van der Waals surface area contributed by atoms with Crippen LogP contribution in [0.15, 0.2) is 67.1 Å². The summed E-state index contributed by atoms with van der Waals surface area (Å²) < 4.78 is 69.7. The fourth-order valence-electron chi connectivity index (χ4n) is 3.64. The van der Waals surface area contributed by atoms with E-state index in [-0.39, 0.29) is 29.2 Å². The van der Waals surface area contributed by atoms with Gasteiger partial charge in [-0.3, -0.25) is 10.1 Å². The highest BCUT2D eigenvalue weighted by molar-refractivity contribution is 14.1. The van der Waals surface area contributed by atoms with Crippen LogP contribution in [0.4, 0.5) is 32.4 Å². The lowest BCUT2D eigenvalue weighted by molar-refractivity contribution is -0.137. The number of aromatic amines is 1. The molecule has 4 aromatic rings. The molecule has 7 nitrogen and oxygen atoms in total. The van der Waals surface area contributed by atoms with Crippen LogP contribution in [0.25, 0.3) is 0 Å². The quantitative estimate of drug-likeness (QED) is 0.200. The Morgan fingerprint density at radius 1 is 0.972 bits per heavy atom. The molecule has 36 heavy (non-hydrogen) atoms. The average molecular weight is 614 g/mol. The Labute approximate surface area is 214 Å². The fourth-order valence-corrected chi connectivity index (χ4v) is 3.96. The number of aromatic nitrogens is 4. The van der Waals surface area contributed by atoms with Crippen molar-refractivity contribution in [2.45, 2.75) is 18.1 Å². The number of nitrogens with one attached hydrogen (secondary N) is 3. The molecule has 2 aromatic heterocycles. The van der Waals surface area contributed by atoms with Crippen molar-refractivity contribution in [2.24, 2.45) is 0 Å². The molecule has 0 spiro atoms. The summed E-state index contributed by atoms with van der Waals surface area (Å²) in [5.41, 5.74) is -3.14. The lowest BCUT2D eigenvalue weighted by Crippen LogP contribution is -2.51. The second-order valence-electron chi connectivity index (χ2n) is 7.69. The van der Waals surface area contributed by atoms with E-state index >= 15 is 0 Å². The van der Waals surface area contributed by atoms with Crippen LogP contribution < -0.4 is 10.6 Å². The number of benzene rings is 2. The number of amides is 2. The zero-order valence-corrected chi connectivity index (χ0v) is 20.2. The number of pyridine rings is 1. The number of H-pyrrole nitrogens is 1. The molecule has 0 saturated heterocycles. The van der Waals surface area contributed by atoms with Crippen molar-refractivity contribution < 1.29 is 26.7 Å². The molecule has 0 bridgehead atoms. The summed E-state index contributed by atoms with van der Waals surface area (Å²) in [5.74, 6) is -1.60. The second-order valence-corrected chi connectivity index (χ2v) is 8.94.